The van der Waals surface area contributed by atoms with Crippen LogP contribution in [0.3, 0.4) is 0 Å². The number of benzene rings is 2. The topological polar surface area (TPSA) is 35.0 Å². The fourth-order valence-corrected chi connectivity index (χ4v) is 4.69. The molecule has 120 valence electrons. The molecule has 4 aromatic rings. The lowest BCUT2D eigenvalue weighted by Crippen LogP contribution is -1.87. The lowest BCUT2D eigenvalue weighted by molar-refractivity contribution is 0.415. The van der Waals surface area contributed by atoms with E-state index in [0.717, 1.165) is 39.0 Å². The van der Waals surface area contributed by atoms with Gasteiger partial charge < -0.3 is 4.74 Å². The standard InChI is InChI=1S/C19H16N2OS2/c1-12-19(13-7-9-14(22-2)10-8-13)21-18(23-12)11-17-20-15-5-3-4-6-16(15)24-17/h3-10H,11H2,1-2H3. The predicted octanol–water partition coefficient (Wildman–Crippen LogP) is 5.33. The molecule has 2 aromatic carbocycles. The maximum Gasteiger partial charge on any atom is 0.118 e. The van der Waals surface area contributed by atoms with E-state index in [9.17, 15) is 0 Å². The quantitative estimate of drug-likeness (QED) is 0.498. The summed E-state index contributed by atoms with van der Waals surface area (Å²) in [6.07, 6.45) is 0.793. The monoisotopic (exact) mass is 352 g/mol. The summed E-state index contributed by atoms with van der Waals surface area (Å²) in [7, 11) is 1.68. The molecule has 0 N–H and O–H groups in total. The second kappa shape index (κ2) is 6.34. The van der Waals surface area contributed by atoms with Crippen LogP contribution >= 0.6 is 22.7 Å². The number of ether oxygens (including phenoxy) is 1. The van der Waals surface area contributed by atoms with E-state index in [0.29, 0.717) is 0 Å². The first-order valence-electron chi connectivity index (χ1n) is 7.68. The van der Waals surface area contributed by atoms with Gasteiger partial charge in [0, 0.05) is 10.4 Å². The minimum Gasteiger partial charge on any atom is -0.497 e. The number of aryl methyl sites for hydroxylation is 1. The van der Waals surface area contributed by atoms with Gasteiger partial charge in [-0.25, -0.2) is 9.97 Å². The fourth-order valence-electron chi connectivity index (χ4n) is 2.67. The molecule has 0 spiro atoms. The molecule has 0 unspecified atom stereocenters. The van der Waals surface area contributed by atoms with Gasteiger partial charge in [-0.3, -0.25) is 0 Å². The predicted molar refractivity (Wildman–Crippen MR) is 101 cm³/mol. The van der Waals surface area contributed by atoms with Gasteiger partial charge in [0.25, 0.3) is 0 Å². The zero-order chi connectivity index (χ0) is 16.5. The molecule has 4 rings (SSSR count). The zero-order valence-corrected chi connectivity index (χ0v) is 15.1. The number of hydrogen-bond donors (Lipinski definition) is 0. The van der Waals surface area contributed by atoms with Crippen LogP contribution in [-0.4, -0.2) is 17.1 Å². The molecule has 24 heavy (non-hydrogen) atoms. The van der Waals surface area contributed by atoms with Crippen molar-refractivity contribution in [1.29, 1.82) is 0 Å². The number of aromatic nitrogens is 2. The molecule has 0 amide bonds. The summed E-state index contributed by atoms with van der Waals surface area (Å²) in [6, 6.07) is 16.3. The van der Waals surface area contributed by atoms with E-state index in [1.807, 2.05) is 18.2 Å². The highest BCUT2D eigenvalue weighted by Crippen LogP contribution is 2.31. The molecule has 0 saturated carbocycles. The van der Waals surface area contributed by atoms with Crippen molar-refractivity contribution in [3.05, 3.63) is 63.4 Å². The molecule has 5 heteroatoms. The largest absolute Gasteiger partial charge is 0.497 e. The lowest BCUT2D eigenvalue weighted by Gasteiger charge is -2.01. The van der Waals surface area contributed by atoms with E-state index in [-0.39, 0.29) is 0 Å². The van der Waals surface area contributed by atoms with Crippen LogP contribution in [0.5, 0.6) is 5.75 Å². The molecular formula is C19H16N2OS2. The van der Waals surface area contributed by atoms with Crippen LogP contribution in [0.1, 0.15) is 14.9 Å². The third-order valence-electron chi connectivity index (χ3n) is 3.84. The number of para-hydroxylation sites is 1. The normalized spacial score (nSPS) is 11.1. The van der Waals surface area contributed by atoms with Gasteiger partial charge in [-0.15, -0.1) is 22.7 Å². The Morgan fingerprint density at radius 1 is 0.917 bits per heavy atom. The second-order valence-corrected chi connectivity index (χ2v) is 7.90. The van der Waals surface area contributed by atoms with Crippen molar-refractivity contribution in [2.45, 2.75) is 13.3 Å². The molecule has 2 aromatic heterocycles. The average molecular weight is 352 g/mol. The molecule has 0 aliphatic heterocycles. The number of rotatable bonds is 4. The van der Waals surface area contributed by atoms with Crippen LogP contribution in [-0.2, 0) is 6.42 Å². The summed E-state index contributed by atoms with van der Waals surface area (Å²) < 4.78 is 6.46. The summed E-state index contributed by atoms with van der Waals surface area (Å²) in [5.41, 5.74) is 3.25. The van der Waals surface area contributed by atoms with Gasteiger partial charge >= 0.3 is 0 Å². The SMILES string of the molecule is COc1ccc(-c2nc(Cc3nc4ccccc4s3)sc2C)cc1. The lowest BCUT2D eigenvalue weighted by atomic mass is 10.1. The molecule has 3 nitrogen and oxygen atoms in total. The van der Waals surface area contributed by atoms with Crippen molar-refractivity contribution in [2.75, 3.05) is 7.11 Å². The molecule has 0 radical (unpaired) electrons. The Labute approximate surface area is 148 Å². The summed E-state index contributed by atoms with van der Waals surface area (Å²) in [5.74, 6) is 0.862. The van der Waals surface area contributed by atoms with Crippen molar-refractivity contribution in [1.82, 2.24) is 9.97 Å². The Hall–Kier alpha value is -2.24. The molecule has 0 aliphatic carbocycles. The number of fused-ring (bicyclic) bond motifs is 1. The van der Waals surface area contributed by atoms with Gasteiger partial charge in [-0.1, -0.05) is 12.1 Å². The zero-order valence-electron chi connectivity index (χ0n) is 13.4. The van der Waals surface area contributed by atoms with Crippen molar-refractivity contribution in [3.8, 4) is 17.0 Å². The molecule has 0 bridgehead atoms. The Balaban J connectivity index is 1.62. The fraction of sp³-hybridized carbons (Fsp3) is 0.158. The Morgan fingerprint density at radius 2 is 1.67 bits per heavy atom. The van der Waals surface area contributed by atoms with E-state index in [2.05, 4.69) is 37.3 Å². The maximum atomic E-state index is 5.22. The van der Waals surface area contributed by atoms with Crippen LogP contribution in [0.15, 0.2) is 48.5 Å². The minimum absolute atomic E-state index is 0.793. The Bertz CT molecular complexity index is 953. The van der Waals surface area contributed by atoms with Crippen molar-refractivity contribution >= 4 is 32.9 Å². The third kappa shape index (κ3) is 2.92. The van der Waals surface area contributed by atoms with E-state index in [1.165, 1.54) is 9.58 Å². The molecule has 0 atom stereocenters. The molecular weight excluding hydrogens is 336 g/mol. The van der Waals surface area contributed by atoms with Crippen LogP contribution in [0.4, 0.5) is 0 Å². The number of methoxy groups -OCH3 is 1. The number of thiazole rings is 2. The first-order valence-corrected chi connectivity index (χ1v) is 9.31. The smallest absolute Gasteiger partial charge is 0.118 e. The van der Waals surface area contributed by atoms with Gasteiger partial charge in [-0.2, -0.15) is 0 Å². The number of hydrogen-bond acceptors (Lipinski definition) is 5. The van der Waals surface area contributed by atoms with E-state index >= 15 is 0 Å². The number of nitrogens with zero attached hydrogens (tertiary/aromatic N) is 2. The van der Waals surface area contributed by atoms with Crippen LogP contribution in [0, 0.1) is 6.92 Å². The van der Waals surface area contributed by atoms with E-state index < -0.39 is 0 Å². The highest BCUT2D eigenvalue weighted by Gasteiger charge is 2.12. The van der Waals surface area contributed by atoms with Crippen molar-refractivity contribution in [2.24, 2.45) is 0 Å². The Morgan fingerprint density at radius 3 is 2.42 bits per heavy atom. The molecule has 2 heterocycles. The van der Waals surface area contributed by atoms with Gasteiger partial charge in [0.1, 0.15) is 15.8 Å². The van der Waals surface area contributed by atoms with Gasteiger partial charge in [-0.05, 0) is 43.3 Å². The van der Waals surface area contributed by atoms with Crippen molar-refractivity contribution < 1.29 is 4.74 Å². The molecule has 0 fully saturated rings. The van der Waals surface area contributed by atoms with Crippen LogP contribution in [0.25, 0.3) is 21.5 Å². The molecule has 0 aliphatic rings. The van der Waals surface area contributed by atoms with Gasteiger partial charge in [0.15, 0.2) is 0 Å². The van der Waals surface area contributed by atoms with Gasteiger partial charge in [0.05, 0.1) is 29.4 Å². The minimum atomic E-state index is 0.793. The van der Waals surface area contributed by atoms with Crippen LogP contribution in [0.2, 0.25) is 0 Å². The maximum absolute atomic E-state index is 5.22. The van der Waals surface area contributed by atoms with Crippen LogP contribution < -0.4 is 4.74 Å². The third-order valence-corrected chi connectivity index (χ3v) is 5.85. The average Bonchev–Trinajstić information content (AvgIpc) is 3.17. The summed E-state index contributed by atoms with van der Waals surface area (Å²) in [6.45, 7) is 2.12. The highest BCUT2D eigenvalue weighted by atomic mass is 32.1. The second-order valence-electron chi connectivity index (χ2n) is 5.49. The first kappa shape index (κ1) is 15.3. The summed E-state index contributed by atoms with van der Waals surface area (Å²) in [4.78, 5) is 10.8. The highest BCUT2D eigenvalue weighted by molar-refractivity contribution is 7.18. The van der Waals surface area contributed by atoms with Gasteiger partial charge in [0.2, 0.25) is 0 Å². The van der Waals surface area contributed by atoms with E-state index in [1.54, 1.807) is 29.8 Å². The van der Waals surface area contributed by atoms with E-state index in [4.69, 9.17) is 14.7 Å². The summed E-state index contributed by atoms with van der Waals surface area (Å²) in [5, 5.41) is 2.23. The Kier molecular flexibility index (Phi) is 4.04. The summed E-state index contributed by atoms with van der Waals surface area (Å²) >= 11 is 3.50. The first-order chi connectivity index (χ1) is 11.7. The molecule has 0 saturated heterocycles. The van der Waals surface area contributed by atoms with Crippen molar-refractivity contribution in [3.63, 3.8) is 0 Å².